The van der Waals surface area contributed by atoms with Crippen molar-refractivity contribution in [3.63, 3.8) is 0 Å². The fourth-order valence-electron chi connectivity index (χ4n) is 1.12. The molecule has 0 saturated carbocycles. The van der Waals surface area contributed by atoms with E-state index in [1.807, 2.05) is 19.1 Å². The summed E-state index contributed by atoms with van der Waals surface area (Å²) in [7, 11) is 0. The third kappa shape index (κ3) is 5.25. The minimum absolute atomic E-state index is 0.363. The second-order valence-corrected chi connectivity index (χ2v) is 9.25. The van der Waals surface area contributed by atoms with Gasteiger partial charge in [0.15, 0.2) is 0 Å². The molecule has 0 aromatic heterocycles. The van der Waals surface area contributed by atoms with Crippen molar-refractivity contribution in [1.29, 1.82) is 0 Å². The van der Waals surface area contributed by atoms with Crippen LogP contribution < -0.4 is 4.52 Å². The standard InChI is InChI=1S/C11H15Br2O3PS/c1-3-7-18-17(14,15-4-2)16-11-6-5-9(12)8-10(11)13/h5-6,8H,3-4,7H2,1-2H3. The molecule has 1 rings (SSSR count). The number of rotatable bonds is 7. The number of hydrogen-bond acceptors (Lipinski definition) is 4. The predicted molar refractivity (Wildman–Crippen MR) is 84.5 cm³/mol. The monoisotopic (exact) mass is 416 g/mol. The largest absolute Gasteiger partial charge is 0.440 e. The zero-order valence-corrected chi connectivity index (χ0v) is 15.1. The Morgan fingerprint density at radius 1 is 1.33 bits per heavy atom. The Bertz CT molecular complexity index is 442. The normalized spacial score (nSPS) is 14.2. The molecule has 1 atom stereocenters. The van der Waals surface area contributed by atoms with Crippen molar-refractivity contribution in [3.05, 3.63) is 27.1 Å². The van der Waals surface area contributed by atoms with E-state index in [0.29, 0.717) is 12.4 Å². The van der Waals surface area contributed by atoms with E-state index in [9.17, 15) is 4.57 Å². The fourth-order valence-corrected chi connectivity index (χ4v) is 5.83. The highest BCUT2D eigenvalue weighted by Crippen LogP contribution is 2.60. The number of hydrogen-bond donors (Lipinski definition) is 0. The molecular formula is C11H15Br2O3PS. The van der Waals surface area contributed by atoms with Gasteiger partial charge in [0.25, 0.3) is 0 Å². The molecule has 0 spiro atoms. The van der Waals surface area contributed by atoms with E-state index in [0.717, 1.165) is 21.1 Å². The minimum atomic E-state index is -3.13. The Labute approximate surface area is 129 Å². The maximum atomic E-state index is 12.5. The molecule has 1 aromatic rings. The van der Waals surface area contributed by atoms with Crippen molar-refractivity contribution in [2.24, 2.45) is 0 Å². The average molecular weight is 418 g/mol. The van der Waals surface area contributed by atoms with Gasteiger partial charge in [-0.25, -0.2) is 4.57 Å². The van der Waals surface area contributed by atoms with E-state index in [2.05, 4.69) is 31.9 Å². The Kier molecular flexibility index (Phi) is 7.32. The molecular weight excluding hydrogens is 403 g/mol. The zero-order chi connectivity index (χ0) is 13.6. The van der Waals surface area contributed by atoms with Gasteiger partial charge in [-0.2, -0.15) is 0 Å². The van der Waals surface area contributed by atoms with E-state index in [4.69, 9.17) is 9.05 Å². The van der Waals surface area contributed by atoms with Crippen LogP contribution in [0.5, 0.6) is 5.75 Å². The Hall–Kier alpha value is 0.520. The first-order valence-corrected chi connectivity index (χ1v) is 10.3. The van der Waals surface area contributed by atoms with Crippen molar-refractivity contribution in [3.8, 4) is 5.75 Å². The lowest BCUT2D eigenvalue weighted by Gasteiger charge is -2.18. The second kappa shape index (κ2) is 7.95. The summed E-state index contributed by atoms with van der Waals surface area (Å²) in [6.07, 6.45) is 0.923. The molecule has 102 valence electrons. The van der Waals surface area contributed by atoms with Gasteiger partial charge in [-0.3, -0.25) is 4.52 Å². The molecule has 0 aliphatic carbocycles. The third-order valence-electron chi connectivity index (χ3n) is 1.84. The van der Waals surface area contributed by atoms with Crippen molar-refractivity contribution >= 4 is 50.0 Å². The predicted octanol–water partition coefficient (Wildman–Crippen LogP) is 5.88. The van der Waals surface area contributed by atoms with Crippen LogP contribution in [0.15, 0.2) is 27.1 Å². The minimum Gasteiger partial charge on any atom is -0.416 e. The van der Waals surface area contributed by atoms with Crippen LogP contribution in [0.25, 0.3) is 0 Å². The Balaban J connectivity index is 2.85. The summed E-state index contributed by atoms with van der Waals surface area (Å²) in [5.41, 5.74) is 0. The summed E-state index contributed by atoms with van der Waals surface area (Å²) in [4.78, 5) is 0. The summed E-state index contributed by atoms with van der Waals surface area (Å²) in [5, 5.41) is 0. The van der Waals surface area contributed by atoms with Crippen LogP contribution in [0.3, 0.4) is 0 Å². The molecule has 0 bridgehead atoms. The number of halogens is 2. The van der Waals surface area contributed by atoms with Crippen LogP contribution in [-0.4, -0.2) is 12.4 Å². The summed E-state index contributed by atoms with van der Waals surface area (Å²) in [6.45, 7) is 1.07. The van der Waals surface area contributed by atoms with Crippen molar-refractivity contribution in [2.45, 2.75) is 20.3 Å². The zero-order valence-electron chi connectivity index (χ0n) is 10.2. The van der Waals surface area contributed by atoms with Gasteiger partial charge in [0.1, 0.15) is 5.75 Å². The fraction of sp³-hybridized carbons (Fsp3) is 0.455. The van der Waals surface area contributed by atoms with Crippen LogP contribution in [0.1, 0.15) is 20.3 Å². The number of benzene rings is 1. The van der Waals surface area contributed by atoms with E-state index >= 15 is 0 Å². The van der Waals surface area contributed by atoms with Crippen LogP contribution in [0.2, 0.25) is 0 Å². The maximum Gasteiger partial charge on any atom is 0.440 e. The van der Waals surface area contributed by atoms with E-state index in [1.54, 1.807) is 13.0 Å². The first kappa shape index (κ1) is 16.6. The maximum absolute atomic E-state index is 12.5. The van der Waals surface area contributed by atoms with Gasteiger partial charge in [-0.05, 0) is 58.9 Å². The van der Waals surface area contributed by atoms with Crippen molar-refractivity contribution in [1.82, 2.24) is 0 Å². The van der Waals surface area contributed by atoms with Gasteiger partial charge >= 0.3 is 6.80 Å². The van der Waals surface area contributed by atoms with Gasteiger partial charge in [0.05, 0.1) is 11.1 Å². The van der Waals surface area contributed by atoms with E-state index in [1.165, 1.54) is 11.4 Å². The van der Waals surface area contributed by atoms with Crippen LogP contribution in [-0.2, 0) is 9.09 Å². The molecule has 1 unspecified atom stereocenters. The summed E-state index contributed by atoms with van der Waals surface area (Å²) in [5.74, 6) is 1.27. The van der Waals surface area contributed by atoms with Crippen LogP contribution >= 0.6 is 50.0 Å². The van der Waals surface area contributed by atoms with Crippen LogP contribution in [0, 0.1) is 0 Å². The lowest BCUT2D eigenvalue weighted by atomic mass is 10.3. The average Bonchev–Trinajstić information content (AvgIpc) is 2.31. The molecule has 3 nitrogen and oxygen atoms in total. The van der Waals surface area contributed by atoms with Gasteiger partial charge in [-0.1, -0.05) is 22.9 Å². The molecule has 0 N–H and O–H groups in total. The molecule has 0 saturated heterocycles. The van der Waals surface area contributed by atoms with Gasteiger partial charge < -0.3 is 4.52 Å². The highest BCUT2D eigenvalue weighted by atomic mass is 79.9. The quantitative estimate of drug-likeness (QED) is 0.519. The summed E-state index contributed by atoms with van der Waals surface area (Å²) in [6, 6.07) is 5.43. The SMILES string of the molecule is CCCSP(=O)(OCC)Oc1ccc(Br)cc1Br. The molecule has 18 heavy (non-hydrogen) atoms. The molecule has 0 aliphatic rings. The molecule has 0 aliphatic heterocycles. The summed E-state index contributed by atoms with van der Waals surface area (Å²) >= 11 is 7.97. The highest BCUT2D eigenvalue weighted by Gasteiger charge is 2.27. The van der Waals surface area contributed by atoms with Crippen molar-refractivity contribution < 1.29 is 13.6 Å². The highest BCUT2D eigenvalue weighted by molar-refractivity contribution is 9.11. The lowest BCUT2D eigenvalue weighted by molar-refractivity contribution is 0.295. The molecule has 0 amide bonds. The molecule has 0 heterocycles. The molecule has 0 radical (unpaired) electrons. The van der Waals surface area contributed by atoms with E-state index in [-0.39, 0.29) is 0 Å². The first-order chi connectivity index (χ1) is 8.50. The summed E-state index contributed by atoms with van der Waals surface area (Å²) < 4.78 is 25.0. The van der Waals surface area contributed by atoms with Gasteiger partial charge in [-0.15, -0.1) is 0 Å². The third-order valence-corrected chi connectivity index (χ3v) is 6.90. The Morgan fingerprint density at radius 2 is 2.06 bits per heavy atom. The molecule has 1 aromatic carbocycles. The van der Waals surface area contributed by atoms with Gasteiger partial charge in [0, 0.05) is 10.2 Å². The Morgan fingerprint density at radius 3 is 2.61 bits per heavy atom. The van der Waals surface area contributed by atoms with Crippen molar-refractivity contribution in [2.75, 3.05) is 12.4 Å². The molecule has 0 fully saturated rings. The lowest BCUT2D eigenvalue weighted by Crippen LogP contribution is -1.96. The van der Waals surface area contributed by atoms with E-state index < -0.39 is 6.80 Å². The smallest absolute Gasteiger partial charge is 0.416 e. The van der Waals surface area contributed by atoms with Crippen LogP contribution in [0.4, 0.5) is 0 Å². The first-order valence-electron chi connectivity index (χ1n) is 5.54. The second-order valence-electron chi connectivity index (χ2n) is 3.36. The molecule has 7 heteroatoms. The van der Waals surface area contributed by atoms with Gasteiger partial charge in [0.2, 0.25) is 0 Å². The topological polar surface area (TPSA) is 35.5 Å².